The summed E-state index contributed by atoms with van der Waals surface area (Å²) in [5.74, 6) is 0. The molecule has 0 fully saturated rings. The third-order valence-corrected chi connectivity index (χ3v) is 3.32. The first kappa shape index (κ1) is 12.7. The molecule has 0 aliphatic rings. The number of amides is 2. The van der Waals surface area contributed by atoms with E-state index in [0.717, 1.165) is 27.3 Å². The molecule has 96 valence electrons. The van der Waals surface area contributed by atoms with Gasteiger partial charge in [0.15, 0.2) is 5.65 Å². The Morgan fingerprint density at radius 1 is 1.44 bits per heavy atom. The summed E-state index contributed by atoms with van der Waals surface area (Å²) >= 11 is 1.19. The molecule has 0 aromatic carbocycles. The Labute approximate surface area is 109 Å². The minimum atomic E-state index is -0.253. The topological polar surface area (TPSA) is 71.8 Å². The lowest BCUT2D eigenvalue weighted by Crippen LogP contribution is -2.27. The molecule has 0 saturated carbocycles. The second-order valence-electron chi connectivity index (χ2n) is 3.99. The monoisotopic (exact) mass is 265 g/mol. The summed E-state index contributed by atoms with van der Waals surface area (Å²) in [5.41, 5.74) is 2.89. The molecule has 18 heavy (non-hydrogen) atoms. The number of hydrogen-bond acceptors (Lipinski definition) is 4. The fraction of sp³-hybridized carbons (Fsp3) is 0.364. The number of urea groups is 1. The first-order valence-corrected chi connectivity index (χ1v) is 6.30. The average Bonchev–Trinajstić information content (AvgIpc) is 2.63. The summed E-state index contributed by atoms with van der Waals surface area (Å²) in [5, 5.41) is 8.59. The predicted octanol–water partition coefficient (Wildman–Crippen LogP) is 1.52. The van der Waals surface area contributed by atoms with Gasteiger partial charge >= 0.3 is 6.03 Å². The van der Waals surface area contributed by atoms with Crippen LogP contribution in [0.5, 0.6) is 0 Å². The second-order valence-corrected chi connectivity index (χ2v) is 4.79. The lowest BCUT2D eigenvalue weighted by molar-refractivity contribution is 0.248. The van der Waals surface area contributed by atoms with Crippen molar-refractivity contribution in [1.29, 1.82) is 0 Å². The Balaban J connectivity index is 2.43. The van der Waals surface area contributed by atoms with Gasteiger partial charge in [-0.15, -0.1) is 0 Å². The Kier molecular flexibility index (Phi) is 3.42. The van der Waals surface area contributed by atoms with E-state index in [1.165, 1.54) is 11.9 Å². The molecule has 0 radical (unpaired) electrons. The number of rotatable bonds is 2. The van der Waals surface area contributed by atoms with Crippen LogP contribution >= 0.6 is 11.9 Å². The number of carbonyl (C=O) groups is 1. The quantitative estimate of drug-likeness (QED) is 0.808. The van der Waals surface area contributed by atoms with Crippen molar-refractivity contribution in [2.45, 2.75) is 18.9 Å². The van der Waals surface area contributed by atoms with Crippen LogP contribution in [-0.4, -0.2) is 27.8 Å². The summed E-state index contributed by atoms with van der Waals surface area (Å²) < 4.78 is 4.38. The Hall–Kier alpha value is -1.76. The van der Waals surface area contributed by atoms with Gasteiger partial charge in [0.2, 0.25) is 0 Å². The van der Waals surface area contributed by atoms with E-state index >= 15 is 0 Å². The average molecular weight is 265 g/mol. The smallest absolute Gasteiger partial charge is 0.324 e. The molecule has 0 unspecified atom stereocenters. The highest BCUT2D eigenvalue weighted by Gasteiger charge is 2.14. The van der Waals surface area contributed by atoms with E-state index < -0.39 is 0 Å². The fourth-order valence-corrected chi connectivity index (χ4v) is 2.58. The van der Waals surface area contributed by atoms with Crippen molar-refractivity contribution < 1.29 is 4.79 Å². The van der Waals surface area contributed by atoms with Gasteiger partial charge in [-0.25, -0.2) is 14.5 Å². The maximum atomic E-state index is 11.2. The Morgan fingerprint density at radius 3 is 2.83 bits per heavy atom. The molecular weight excluding hydrogens is 250 g/mol. The summed E-state index contributed by atoms with van der Waals surface area (Å²) in [7, 11) is 3.42. The molecule has 7 heteroatoms. The zero-order chi connectivity index (χ0) is 13.3. The van der Waals surface area contributed by atoms with Gasteiger partial charge in [-0.05, 0) is 25.5 Å². The summed E-state index contributed by atoms with van der Waals surface area (Å²) in [4.78, 5) is 15.6. The Morgan fingerprint density at radius 2 is 2.17 bits per heavy atom. The number of pyridine rings is 1. The van der Waals surface area contributed by atoms with E-state index in [1.807, 2.05) is 27.0 Å². The van der Waals surface area contributed by atoms with Gasteiger partial charge in [0.1, 0.15) is 5.03 Å². The lowest BCUT2D eigenvalue weighted by Gasteiger charge is -2.02. The molecule has 0 aliphatic heterocycles. The van der Waals surface area contributed by atoms with Gasteiger partial charge in [0.05, 0.1) is 5.39 Å². The minimum Gasteiger partial charge on any atom is -0.341 e. The molecule has 2 aromatic rings. The maximum Gasteiger partial charge on any atom is 0.324 e. The summed E-state index contributed by atoms with van der Waals surface area (Å²) in [6.07, 6.45) is 0. The van der Waals surface area contributed by atoms with Crippen molar-refractivity contribution in [3.63, 3.8) is 0 Å². The van der Waals surface area contributed by atoms with Crippen LogP contribution < -0.4 is 10.0 Å². The van der Waals surface area contributed by atoms with E-state index in [1.54, 1.807) is 11.7 Å². The second kappa shape index (κ2) is 4.85. The number of fused-ring (bicyclic) bond motifs is 1. The number of carbonyl (C=O) groups excluding carboxylic acids is 1. The van der Waals surface area contributed by atoms with Crippen LogP contribution in [-0.2, 0) is 7.05 Å². The van der Waals surface area contributed by atoms with Crippen LogP contribution in [0.25, 0.3) is 11.0 Å². The lowest BCUT2D eigenvalue weighted by atomic mass is 10.2. The third-order valence-electron chi connectivity index (χ3n) is 2.55. The van der Waals surface area contributed by atoms with Crippen molar-refractivity contribution in [3.8, 4) is 0 Å². The molecule has 6 nitrogen and oxygen atoms in total. The van der Waals surface area contributed by atoms with Crippen molar-refractivity contribution in [2.24, 2.45) is 7.05 Å². The van der Waals surface area contributed by atoms with Crippen LogP contribution in [0.4, 0.5) is 4.79 Å². The largest absolute Gasteiger partial charge is 0.341 e. The zero-order valence-corrected chi connectivity index (χ0v) is 11.6. The SMILES string of the molecule is CNC(=O)NSc1nn(C)c2nc(C)cc(C)c12. The highest BCUT2D eigenvalue weighted by Crippen LogP contribution is 2.27. The molecule has 2 heterocycles. The molecule has 0 bridgehead atoms. The number of aromatic nitrogens is 3. The summed E-state index contributed by atoms with van der Waals surface area (Å²) in [6, 6.07) is 1.75. The van der Waals surface area contributed by atoms with Gasteiger partial charge in [-0.3, -0.25) is 4.72 Å². The van der Waals surface area contributed by atoms with Gasteiger partial charge in [0.25, 0.3) is 0 Å². The Bertz CT molecular complexity index is 607. The molecule has 2 aromatic heterocycles. The van der Waals surface area contributed by atoms with Crippen molar-refractivity contribution in [3.05, 3.63) is 17.3 Å². The number of aryl methyl sites for hydroxylation is 3. The predicted molar refractivity (Wildman–Crippen MR) is 71.4 cm³/mol. The highest BCUT2D eigenvalue weighted by atomic mass is 32.2. The number of hydrogen-bond donors (Lipinski definition) is 2. The molecule has 2 N–H and O–H groups in total. The normalized spacial score (nSPS) is 10.7. The van der Waals surface area contributed by atoms with Crippen molar-refractivity contribution in [2.75, 3.05) is 7.05 Å². The van der Waals surface area contributed by atoms with Crippen LogP contribution in [0.3, 0.4) is 0 Å². The molecule has 2 rings (SSSR count). The van der Waals surface area contributed by atoms with E-state index in [4.69, 9.17) is 0 Å². The van der Waals surface area contributed by atoms with Gasteiger partial charge in [0, 0.05) is 31.7 Å². The van der Waals surface area contributed by atoms with Gasteiger partial charge < -0.3 is 5.32 Å². The van der Waals surface area contributed by atoms with Crippen molar-refractivity contribution in [1.82, 2.24) is 24.8 Å². The van der Waals surface area contributed by atoms with Gasteiger partial charge in [-0.2, -0.15) is 5.10 Å². The molecule has 0 spiro atoms. The molecule has 0 atom stereocenters. The van der Waals surface area contributed by atoms with E-state index in [-0.39, 0.29) is 6.03 Å². The maximum absolute atomic E-state index is 11.2. The molecule has 0 saturated heterocycles. The third kappa shape index (κ3) is 2.26. The zero-order valence-electron chi connectivity index (χ0n) is 10.7. The molecule has 0 aliphatic carbocycles. The van der Waals surface area contributed by atoms with Crippen LogP contribution in [0.1, 0.15) is 11.3 Å². The van der Waals surface area contributed by atoms with Crippen LogP contribution in [0, 0.1) is 13.8 Å². The number of nitrogens with one attached hydrogen (secondary N) is 2. The van der Waals surface area contributed by atoms with E-state index in [9.17, 15) is 4.79 Å². The first-order chi connectivity index (χ1) is 8.52. The molecule has 2 amide bonds. The standard InChI is InChI=1S/C11H15N5OS/c1-6-5-7(2)13-9-8(6)10(14-16(9)4)18-15-11(17)12-3/h5H,1-4H3,(H2,12,15,17). The van der Waals surface area contributed by atoms with Crippen molar-refractivity contribution >= 4 is 29.0 Å². The number of nitrogens with zero attached hydrogens (tertiary/aromatic N) is 3. The highest BCUT2D eigenvalue weighted by molar-refractivity contribution is 7.98. The van der Waals surface area contributed by atoms with E-state index in [2.05, 4.69) is 20.1 Å². The fourth-order valence-electron chi connectivity index (χ4n) is 1.77. The summed E-state index contributed by atoms with van der Waals surface area (Å²) in [6.45, 7) is 3.97. The minimum absolute atomic E-state index is 0.253. The van der Waals surface area contributed by atoms with Crippen LogP contribution in [0.2, 0.25) is 0 Å². The van der Waals surface area contributed by atoms with E-state index in [0.29, 0.717) is 0 Å². The molecular formula is C11H15N5OS. The first-order valence-electron chi connectivity index (χ1n) is 5.48. The van der Waals surface area contributed by atoms with Gasteiger partial charge in [-0.1, -0.05) is 0 Å². The van der Waals surface area contributed by atoms with Crippen LogP contribution in [0.15, 0.2) is 11.1 Å².